The van der Waals surface area contributed by atoms with Gasteiger partial charge in [-0.15, -0.1) is 0 Å². The highest BCUT2D eigenvalue weighted by molar-refractivity contribution is 7.89. The summed E-state index contributed by atoms with van der Waals surface area (Å²) in [6.45, 7) is 5.06. The zero-order chi connectivity index (χ0) is 15.5. The maximum absolute atomic E-state index is 12.1. The lowest BCUT2D eigenvalue weighted by Crippen LogP contribution is -2.42. The van der Waals surface area contributed by atoms with E-state index in [1.54, 1.807) is 13.8 Å². The molecule has 2 N–H and O–H groups in total. The third-order valence-electron chi connectivity index (χ3n) is 3.34. The molecule has 0 aromatic carbocycles. The van der Waals surface area contributed by atoms with Gasteiger partial charge in [0.15, 0.2) is 0 Å². The Morgan fingerprint density at radius 1 is 1.38 bits per heavy atom. The molecule has 118 valence electrons. The van der Waals surface area contributed by atoms with Crippen LogP contribution in [-0.4, -0.2) is 60.9 Å². The molecule has 21 heavy (non-hydrogen) atoms. The molecule has 0 atom stereocenters. The van der Waals surface area contributed by atoms with Gasteiger partial charge < -0.3 is 10.1 Å². The van der Waals surface area contributed by atoms with Crippen molar-refractivity contribution in [3.63, 3.8) is 0 Å². The Morgan fingerprint density at radius 2 is 2.05 bits per heavy atom. The van der Waals surface area contributed by atoms with Gasteiger partial charge in [-0.1, -0.05) is 0 Å². The Balaban J connectivity index is 1.89. The van der Waals surface area contributed by atoms with E-state index in [0.29, 0.717) is 37.7 Å². The number of nitrogens with one attached hydrogen (secondary N) is 2. The summed E-state index contributed by atoms with van der Waals surface area (Å²) >= 11 is 0. The lowest BCUT2D eigenvalue weighted by molar-refractivity contribution is -0.115. The first-order valence-electron chi connectivity index (χ1n) is 6.77. The maximum atomic E-state index is 12.1. The molecule has 2 heterocycles. The van der Waals surface area contributed by atoms with E-state index in [1.807, 2.05) is 0 Å². The van der Waals surface area contributed by atoms with Crippen molar-refractivity contribution in [3.8, 4) is 0 Å². The van der Waals surface area contributed by atoms with Crippen LogP contribution in [0.3, 0.4) is 0 Å². The second kappa shape index (κ2) is 6.54. The monoisotopic (exact) mass is 316 g/mol. The summed E-state index contributed by atoms with van der Waals surface area (Å²) in [5.41, 5.74) is 2.04. The predicted molar refractivity (Wildman–Crippen MR) is 77.5 cm³/mol. The van der Waals surface area contributed by atoms with Crippen LogP contribution in [-0.2, 0) is 19.6 Å². The number of nitrogens with zero attached hydrogens (tertiary/aromatic N) is 2. The van der Waals surface area contributed by atoms with E-state index in [0.717, 1.165) is 5.69 Å². The molecule has 0 spiro atoms. The van der Waals surface area contributed by atoms with Crippen LogP contribution in [0.2, 0.25) is 0 Å². The molecule has 1 saturated heterocycles. The largest absolute Gasteiger partial charge is 0.379 e. The first-order chi connectivity index (χ1) is 9.90. The Morgan fingerprint density at radius 3 is 2.62 bits per heavy atom. The van der Waals surface area contributed by atoms with Crippen LogP contribution in [0.4, 0.5) is 5.69 Å². The Bertz CT molecular complexity index is 585. The summed E-state index contributed by atoms with van der Waals surface area (Å²) in [5.74, 6) is -0.533. The summed E-state index contributed by atoms with van der Waals surface area (Å²) in [5, 5.41) is 9.43. The van der Waals surface area contributed by atoms with Crippen molar-refractivity contribution < 1.29 is 17.9 Å². The van der Waals surface area contributed by atoms with Gasteiger partial charge in [0.05, 0.1) is 36.0 Å². The number of morpholine rings is 1. The fourth-order valence-corrected chi connectivity index (χ4v) is 3.52. The number of carbonyl (C=O) groups is 1. The van der Waals surface area contributed by atoms with Crippen LogP contribution in [0, 0.1) is 13.8 Å². The number of H-pyrrole nitrogens is 1. The number of hydrogen-bond acceptors (Lipinski definition) is 5. The van der Waals surface area contributed by atoms with Gasteiger partial charge in [-0.2, -0.15) is 9.40 Å². The standard InChI is InChI=1S/C12H20N4O4S/c1-9-12(10(2)15-14-9)13-11(17)3-8-21(18,19)16-4-6-20-7-5-16/h3-8H2,1-2H3,(H,13,17)(H,14,15). The van der Waals surface area contributed by atoms with Crippen LogP contribution in [0.25, 0.3) is 0 Å². The zero-order valence-electron chi connectivity index (χ0n) is 12.2. The van der Waals surface area contributed by atoms with Crippen molar-refractivity contribution in [2.75, 3.05) is 37.4 Å². The van der Waals surface area contributed by atoms with E-state index in [-0.39, 0.29) is 18.1 Å². The lowest BCUT2D eigenvalue weighted by Gasteiger charge is -2.25. The van der Waals surface area contributed by atoms with E-state index in [4.69, 9.17) is 4.74 Å². The normalized spacial score (nSPS) is 16.9. The molecule has 1 aromatic rings. The van der Waals surface area contributed by atoms with Crippen molar-refractivity contribution in [3.05, 3.63) is 11.4 Å². The molecule has 0 radical (unpaired) electrons. The molecule has 0 bridgehead atoms. The van der Waals surface area contributed by atoms with Gasteiger partial charge in [-0.3, -0.25) is 9.89 Å². The van der Waals surface area contributed by atoms with E-state index >= 15 is 0 Å². The highest BCUT2D eigenvalue weighted by Crippen LogP contribution is 2.16. The molecule has 1 aliphatic heterocycles. The fraction of sp³-hybridized carbons (Fsp3) is 0.667. The molecule has 1 aromatic heterocycles. The SMILES string of the molecule is Cc1n[nH]c(C)c1NC(=O)CCS(=O)(=O)N1CCOCC1. The van der Waals surface area contributed by atoms with Gasteiger partial charge in [0.25, 0.3) is 0 Å². The highest BCUT2D eigenvalue weighted by atomic mass is 32.2. The number of amides is 1. The minimum Gasteiger partial charge on any atom is -0.379 e. The van der Waals surface area contributed by atoms with E-state index < -0.39 is 10.0 Å². The average molecular weight is 316 g/mol. The molecule has 1 fully saturated rings. The van der Waals surface area contributed by atoms with Gasteiger partial charge in [-0.05, 0) is 13.8 Å². The number of aromatic nitrogens is 2. The first-order valence-corrected chi connectivity index (χ1v) is 8.38. The zero-order valence-corrected chi connectivity index (χ0v) is 13.0. The highest BCUT2D eigenvalue weighted by Gasteiger charge is 2.25. The number of carbonyl (C=O) groups excluding carboxylic acids is 1. The second-order valence-corrected chi connectivity index (χ2v) is 7.02. The Hall–Kier alpha value is -1.45. The molecular weight excluding hydrogens is 296 g/mol. The summed E-state index contributed by atoms with van der Waals surface area (Å²) in [6.07, 6.45) is -0.0796. The summed E-state index contributed by atoms with van der Waals surface area (Å²) < 4.78 is 30.7. The van der Waals surface area contributed by atoms with Crippen molar-refractivity contribution in [2.45, 2.75) is 20.3 Å². The Labute approximate surface area is 123 Å². The van der Waals surface area contributed by atoms with Crippen molar-refractivity contribution in [2.24, 2.45) is 0 Å². The third kappa shape index (κ3) is 4.02. The molecular formula is C12H20N4O4S. The average Bonchev–Trinajstić information content (AvgIpc) is 2.78. The number of anilines is 1. The second-order valence-electron chi connectivity index (χ2n) is 4.93. The van der Waals surface area contributed by atoms with Crippen LogP contribution < -0.4 is 5.32 Å². The minimum absolute atomic E-state index is 0.0796. The fourth-order valence-electron chi connectivity index (χ4n) is 2.11. The number of aromatic amines is 1. The van der Waals surface area contributed by atoms with E-state index in [2.05, 4.69) is 15.5 Å². The number of hydrogen-bond donors (Lipinski definition) is 2. The van der Waals surface area contributed by atoms with Crippen molar-refractivity contribution in [1.82, 2.24) is 14.5 Å². The minimum atomic E-state index is -3.41. The number of ether oxygens (including phenoxy) is 1. The topological polar surface area (TPSA) is 104 Å². The third-order valence-corrected chi connectivity index (χ3v) is 5.22. The summed E-state index contributed by atoms with van der Waals surface area (Å²) in [7, 11) is -3.41. The molecule has 0 saturated carbocycles. The van der Waals surface area contributed by atoms with Crippen LogP contribution in [0.15, 0.2) is 0 Å². The quantitative estimate of drug-likeness (QED) is 0.797. The Kier molecular flexibility index (Phi) is 4.96. The van der Waals surface area contributed by atoms with Crippen LogP contribution >= 0.6 is 0 Å². The summed E-state index contributed by atoms with van der Waals surface area (Å²) in [6, 6.07) is 0. The van der Waals surface area contributed by atoms with Crippen LogP contribution in [0.5, 0.6) is 0 Å². The molecule has 0 aliphatic carbocycles. The number of aryl methyl sites for hydroxylation is 2. The summed E-state index contributed by atoms with van der Waals surface area (Å²) in [4.78, 5) is 11.9. The van der Waals surface area contributed by atoms with E-state index in [9.17, 15) is 13.2 Å². The smallest absolute Gasteiger partial charge is 0.225 e. The molecule has 1 amide bonds. The molecule has 8 nitrogen and oxygen atoms in total. The molecule has 1 aliphatic rings. The lowest BCUT2D eigenvalue weighted by atomic mass is 10.3. The molecule has 2 rings (SSSR count). The van der Waals surface area contributed by atoms with Gasteiger partial charge in [0.2, 0.25) is 15.9 Å². The van der Waals surface area contributed by atoms with Crippen LogP contribution in [0.1, 0.15) is 17.8 Å². The van der Waals surface area contributed by atoms with E-state index in [1.165, 1.54) is 4.31 Å². The first kappa shape index (κ1) is 15.9. The van der Waals surface area contributed by atoms with Gasteiger partial charge in [-0.25, -0.2) is 8.42 Å². The number of rotatable bonds is 5. The molecule has 0 unspecified atom stereocenters. The molecule has 9 heteroatoms. The van der Waals surface area contributed by atoms with Crippen molar-refractivity contribution in [1.29, 1.82) is 0 Å². The van der Waals surface area contributed by atoms with Crippen molar-refractivity contribution >= 4 is 21.6 Å². The maximum Gasteiger partial charge on any atom is 0.225 e. The number of sulfonamides is 1. The van der Waals surface area contributed by atoms with Gasteiger partial charge >= 0.3 is 0 Å². The predicted octanol–water partition coefficient (Wildman–Crippen LogP) is 0.0171. The van der Waals surface area contributed by atoms with Gasteiger partial charge in [0.1, 0.15) is 0 Å². The van der Waals surface area contributed by atoms with Gasteiger partial charge in [0, 0.05) is 19.5 Å².